The Balaban J connectivity index is 0.0000000842. The van der Waals surface area contributed by atoms with Gasteiger partial charge in [-0.2, -0.15) is 0 Å². The Bertz CT molecular complexity index is 7880. The number of hydrogen-bond donors (Lipinski definition) is 0. The highest BCUT2D eigenvalue weighted by Crippen LogP contribution is 2.41. The predicted molar refractivity (Wildman–Crippen MR) is 489 cm³/mol. The van der Waals surface area contributed by atoms with E-state index in [1.807, 2.05) is 43.4 Å². The first kappa shape index (κ1) is 67.7. The Morgan fingerprint density at radius 3 is 1.18 bits per heavy atom. The van der Waals surface area contributed by atoms with Gasteiger partial charge in [0.2, 0.25) is 0 Å². The molecule has 13 aromatic heterocycles. The fraction of sp³-hybridized carbons (Fsp3) is 0.0769. The van der Waals surface area contributed by atoms with Crippen molar-refractivity contribution in [3.63, 3.8) is 0 Å². The lowest BCUT2D eigenvalue weighted by molar-refractivity contribution is 0.845. The highest BCUT2D eigenvalue weighted by atomic mass is 28.3. The molecule has 13 nitrogen and oxygen atoms in total. The lowest BCUT2D eigenvalue weighted by Gasteiger charge is -2.37. The molecule has 0 atom stereocenters. The van der Waals surface area contributed by atoms with Crippen LogP contribution in [0.15, 0.2) is 347 Å². The first-order valence-corrected chi connectivity index (χ1v) is 45.7. The number of para-hydroxylation sites is 2. The van der Waals surface area contributed by atoms with Crippen molar-refractivity contribution in [3.05, 3.63) is 392 Å². The average molecular weight is 1560 g/mol. The van der Waals surface area contributed by atoms with Gasteiger partial charge in [-0.05, 0) is 127 Å². The van der Waals surface area contributed by atoms with Crippen molar-refractivity contribution < 1.29 is 0 Å². The number of rotatable bonds is 4. The summed E-state index contributed by atoms with van der Waals surface area (Å²) in [5.74, 6) is 0. The van der Waals surface area contributed by atoms with E-state index < -0.39 is 16.1 Å². The summed E-state index contributed by atoms with van der Waals surface area (Å²) in [6, 6.07) is 107. The summed E-state index contributed by atoms with van der Waals surface area (Å²) < 4.78 is 11.8. The van der Waals surface area contributed by atoms with Crippen LogP contribution in [0.4, 0.5) is 0 Å². The van der Waals surface area contributed by atoms with Crippen molar-refractivity contribution in [2.75, 3.05) is 0 Å². The number of aryl methyl sites for hydroxylation is 6. The van der Waals surface area contributed by atoms with Gasteiger partial charge >= 0.3 is 0 Å². The van der Waals surface area contributed by atoms with Crippen molar-refractivity contribution in [2.24, 2.45) is 0 Å². The molecule has 0 unspecified atom stereocenters. The molecular formula is C104H73N13Si2. The van der Waals surface area contributed by atoms with Crippen LogP contribution in [0.1, 0.15) is 45.2 Å². The molecule has 562 valence electrons. The molecule has 18 heterocycles. The third-order valence-corrected chi connectivity index (χ3v) is 36.0. The lowest BCUT2D eigenvalue weighted by Crippen LogP contribution is -2.71. The van der Waals surface area contributed by atoms with E-state index in [4.69, 9.17) is 9.97 Å². The van der Waals surface area contributed by atoms with Gasteiger partial charge in [0.15, 0.2) is 16.1 Å². The van der Waals surface area contributed by atoms with Gasteiger partial charge < -0.3 is 0 Å². The molecule has 5 aliphatic heterocycles. The van der Waals surface area contributed by atoms with Crippen molar-refractivity contribution in [1.82, 2.24) is 61.9 Å². The van der Waals surface area contributed by atoms with E-state index in [9.17, 15) is 0 Å². The number of fused-ring (bicyclic) bond motifs is 15. The van der Waals surface area contributed by atoms with Crippen LogP contribution in [0.25, 0.3) is 137 Å². The van der Waals surface area contributed by atoms with E-state index in [1.165, 1.54) is 179 Å². The zero-order valence-electron chi connectivity index (χ0n) is 64.9. The first-order valence-electron chi connectivity index (χ1n) is 41.3. The van der Waals surface area contributed by atoms with Crippen molar-refractivity contribution in [3.8, 4) is 0 Å². The minimum atomic E-state index is -2.30. The molecule has 5 aliphatic rings. The maximum absolute atomic E-state index is 5.05. The van der Waals surface area contributed by atoms with Crippen LogP contribution in [0.5, 0.6) is 0 Å². The average Bonchev–Trinajstić information content (AvgIpc) is 1.66. The van der Waals surface area contributed by atoms with Crippen molar-refractivity contribution >= 4 is 184 Å². The van der Waals surface area contributed by atoms with Gasteiger partial charge in [-0.25, -0.2) is 24.9 Å². The van der Waals surface area contributed by atoms with E-state index in [1.54, 1.807) is 0 Å². The number of imidazole rings is 5. The second-order valence-electron chi connectivity index (χ2n) is 32.3. The van der Waals surface area contributed by atoms with E-state index >= 15 is 0 Å². The van der Waals surface area contributed by atoms with Crippen LogP contribution in [0.2, 0.25) is 0 Å². The maximum atomic E-state index is 5.05. The topological polar surface area (TPSA) is 125 Å². The molecule has 0 saturated carbocycles. The smallest absolute Gasteiger partial charge is 0.175 e. The number of aromatic nitrogens is 13. The number of benzene rings is 11. The summed E-state index contributed by atoms with van der Waals surface area (Å²) in [6.07, 6.45) is 24.5. The van der Waals surface area contributed by atoms with E-state index in [-0.39, 0.29) is 0 Å². The molecule has 11 aromatic carbocycles. The Morgan fingerprint density at radius 1 is 0.218 bits per heavy atom. The third-order valence-electron chi connectivity index (χ3n) is 26.4. The van der Waals surface area contributed by atoms with Crippen molar-refractivity contribution in [1.29, 1.82) is 0 Å². The van der Waals surface area contributed by atoms with E-state index in [0.717, 1.165) is 84.4 Å². The zero-order valence-corrected chi connectivity index (χ0v) is 66.9. The Kier molecular flexibility index (Phi) is 15.0. The predicted octanol–water partition coefficient (Wildman–Crippen LogP) is 17.8. The number of nitrogens with zero attached hydrogens (tertiary/aromatic N) is 13. The summed E-state index contributed by atoms with van der Waals surface area (Å²) in [7, 11) is -4.57. The highest BCUT2D eigenvalue weighted by molar-refractivity contribution is 7.12. The molecular weight excluding hydrogens is 1490 g/mol. The van der Waals surface area contributed by atoms with Gasteiger partial charge in [0.05, 0.1) is 38.8 Å². The molecule has 29 rings (SSSR count). The molecule has 24 aromatic rings. The van der Waals surface area contributed by atoms with Crippen LogP contribution in [-0.4, -0.2) is 78.0 Å². The third kappa shape index (κ3) is 9.85. The molecule has 0 N–H and O–H groups in total. The summed E-state index contributed by atoms with van der Waals surface area (Å²) in [5, 5.41) is 26.2. The fourth-order valence-corrected chi connectivity index (χ4v) is 31.0. The van der Waals surface area contributed by atoms with E-state index in [0.29, 0.717) is 0 Å². The van der Waals surface area contributed by atoms with Gasteiger partial charge in [0.1, 0.15) is 28.2 Å². The summed E-state index contributed by atoms with van der Waals surface area (Å²) >= 11 is 0. The monoisotopic (exact) mass is 1560 g/mol. The van der Waals surface area contributed by atoms with Crippen LogP contribution >= 0.6 is 0 Å². The van der Waals surface area contributed by atoms with Gasteiger partial charge in [-0.3, -0.25) is 37.0 Å². The van der Waals surface area contributed by atoms with Crippen LogP contribution in [-0.2, 0) is 50.6 Å². The quantitative estimate of drug-likeness (QED) is 0.126. The first-order chi connectivity index (χ1) is 59.1. The van der Waals surface area contributed by atoms with Crippen molar-refractivity contribution in [2.45, 2.75) is 50.6 Å². The Labute approximate surface area is 684 Å². The molecule has 0 aliphatic carbocycles. The molecule has 0 saturated heterocycles. The van der Waals surface area contributed by atoms with Crippen LogP contribution in [0.3, 0.4) is 0 Å². The summed E-state index contributed by atoms with van der Waals surface area (Å²) in [6.45, 7) is 0. The number of pyridine rings is 8. The molecule has 0 amide bonds. The fourth-order valence-electron chi connectivity index (χ4n) is 21.3. The molecule has 0 spiro atoms. The normalized spacial score (nSPS) is 14.3. The molecule has 119 heavy (non-hydrogen) atoms. The summed E-state index contributed by atoms with van der Waals surface area (Å²) in [5.41, 5.74) is 23.5. The standard InChI is InChI=1S/2C28H20N2Si.3C16H11N3/c1-3-11-21(12-4-1)31(22-13-5-2-6-14-22)19-20-10-9-17-24-23-15-7-8-16-25(23)28-29-18-26(31)30(28)27(20)24;1-3-10-21(11-4-1)31(22-12-5-2-6-13-22)19-20-18-29-28-25-15-8-7-14-23(25)24-16-9-17-26(31)27(24)30(20)28;1-2-4-13-12(3-1)14-9-17-7-10-5-6-11-8-18-16(13)19(11)15(10)14;1-2-4-13-11(3-1)12-7-8-17-14-6-5-10-9-18-16(13)19(10)15(12)14;1-2-4-13-12(3-1)14-15-10(7-8-17-14)5-6-11-9-18-16(13)19(11)15/h2*1-18H,19H2;3*1-4,7-9H,5-6H2. The molecule has 0 radical (unpaired) electrons. The highest BCUT2D eigenvalue weighted by Gasteiger charge is 2.47. The van der Waals surface area contributed by atoms with Gasteiger partial charge in [0, 0.05) is 138 Å². The van der Waals surface area contributed by atoms with Gasteiger partial charge in [0.25, 0.3) is 0 Å². The largest absolute Gasteiger partial charge is 0.299 e. The van der Waals surface area contributed by atoms with Gasteiger partial charge in [-0.1, -0.05) is 279 Å². The minimum absolute atomic E-state index is 1.01. The maximum Gasteiger partial charge on any atom is 0.175 e. The molecule has 15 heteroatoms. The summed E-state index contributed by atoms with van der Waals surface area (Å²) in [4.78, 5) is 37.5. The van der Waals surface area contributed by atoms with E-state index in [2.05, 4.69) is 355 Å². The van der Waals surface area contributed by atoms with Crippen LogP contribution in [0, 0.1) is 0 Å². The second-order valence-corrected chi connectivity index (χ2v) is 40.0. The molecule has 0 fully saturated rings. The zero-order chi connectivity index (χ0) is 78.0. The lowest BCUT2D eigenvalue weighted by atomic mass is 10.00. The Morgan fingerprint density at radius 2 is 0.613 bits per heavy atom. The Hall–Kier alpha value is -14.6. The minimum Gasteiger partial charge on any atom is -0.299 e. The number of hydrogen-bond acceptors (Lipinski definition) is 8. The van der Waals surface area contributed by atoms with Crippen LogP contribution < -0.4 is 31.3 Å². The second kappa shape index (κ2) is 26.4. The SMILES string of the molecule is c1ccc([Si]2(c3ccccc3)Cc3cccc4c5ccccc5c5ncc2n5c34)cc1.c1ccc([Si]2(c3ccccc3)Cc3cnc4c5ccccc5c5cccc2c5n34)cc1.c1ccc2c(c1)c1ccnc3c1n1c(cnc21)CC3.c1ccc2c(c1)c1cncc3c1n1c(cnc21)CC3.c1ccc2c(c1)c1nccc3c1n1c(cnc21)CC3. The molecule has 0 bridgehead atoms. The van der Waals surface area contributed by atoms with Gasteiger partial charge in [-0.15, -0.1) is 0 Å².